The van der Waals surface area contributed by atoms with Crippen LogP contribution in [-0.4, -0.2) is 16.3 Å². The van der Waals surface area contributed by atoms with Gasteiger partial charge in [-0.2, -0.15) is 0 Å². The molecule has 1 nitrogen and oxygen atoms in total. The van der Waals surface area contributed by atoms with Crippen LogP contribution in [0.25, 0.3) is 6.08 Å². The van der Waals surface area contributed by atoms with E-state index in [4.69, 9.17) is 23.2 Å². The van der Waals surface area contributed by atoms with Crippen LogP contribution in [0, 0.1) is 0 Å². The van der Waals surface area contributed by atoms with Gasteiger partial charge in [-0.15, -0.1) is 11.8 Å². The molecule has 0 heterocycles. The van der Waals surface area contributed by atoms with Crippen molar-refractivity contribution in [3.63, 3.8) is 0 Å². The van der Waals surface area contributed by atoms with E-state index in [1.54, 1.807) is 36.0 Å². The zero-order chi connectivity index (χ0) is 13.9. The smallest absolute Gasteiger partial charge is 0.171 e. The number of hydrogen-bond acceptors (Lipinski definition) is 2. The van der Waals surface area contributed by atoms with Crippen molar-refractivity contribution >= 4 is 46.8 Å². The first-order valence-electron chi connectivity index (χ1n) is 6.39. The van der Waals surface area contributed by atoms with Crippen molar-refractivity contribution in [2.24, 2.45) is 0 Å². The normalized spacial score (nSPS) is 16.8. The zero-order valence-corrected chi connectivity index (χ0v) is 13.1. The first kappa shape index (κ1) is 15.0. The predicted octanol–water partition coefficient (Wildman–Crippen LogP) is 5.25. The number of hydrogen-bond donors (Lipinski definition) is 0. The van der Waals surface area contributed by atoms with Gasteiger partial charge >= 0.3 is 0 Å². The number of rotatable bonds is 6. The molecule has 0 aromatic heterocycles. The largest absolute Gasteiger partial charge is 0.293 e. The maximum Gasteiger partial charge on any atom is 0.171 e. The number of carbonyl (C=O) groups is 1. The number of thioether (sulfide) groups is 1. The molecule has 102 valence electrons. The lowest BCUT2D eigenvalue weighted by Gasteiger charge is -2.09. The first-order chi connectivity index (χ1) is 9.07. The molecule has 0 unspecified atom stereocenters. The Morgan fingerprint density at radius 2 is 2.16 bits per heavy atom. The summed E-state index contributed by atoms with van der Waals surface area (Å²) < 4.78 is -0.147. The lowest BCUT2D eigenvalue weighted by atomic mass is 10.1. The summed E-state index contributed by atoms with van der Waals surface area (Å²) in [5, 5.41) is 1.17. The summed E-state index contributed by atoms with van der Waals surface area (Å²) in [6, 6.07) is 5.29. The Bertz CT molecular complexity index is 507. The van der Waals surface area contributed by atoms with Crippen LogP contribution in [0.15, 0.2) is 24.3 Å². The van der Waals surface area contributed by atoms with Gasteiger partial charge in [0.25, 0.3) is 0 Å². The predicted molar refractivity (Wildman–Crippen MR) is 85.2 cm³/mol. The molecule has 0 aliphatic heterocycles. The van der Waals surface area contributed by atoms with Gasteiger partial charge in [-0.25, -0.2) is 0 Å². The summed E-state index contributed by atoms with van der Waals surface area (Å²) in [4.78, 5) is 12.2. The molecule has 1 saturated carbocycles. The van der Waals surface area contributed by atoms with E-state index in [2.05, 4.69) is 6.92 Å². The maximum atomic E-state index is 12.2. The molecule has 0 spiro atoms. The molecule has 1 aliphatic carbocycles. The van der Waals surface area contributed by atoms with Crippen LogP contribution in [0.4, 0.5) is 0 Å². The fraction of sp³-hybridized carbons (Fsp3) is 0.400. The zero-order valence-electron chi connectivity index (χ0n) is 10.8. The highest BCUT2D eigenvalue weighted by molar-refractivity contribution is 8.01. The Balaban J connectivity index is 2.04. The minimum atomic E-state index is -0.147. The van der Waals surface area contributed by atoms with Crippen LogP contribution in [0.3, 0.4) is 0 Å². The highest BCUT2D eigenvalue weighted by atomic mass is 35.5. The minimum absolute atomic E-state index is 0.147. The topological polar surface area (TPSA) is 17.1 Å². The van der Waals surface area contributed by atoms with Gasteiger partial charge in [0.05, 0.1) is 4.75 Å². The molecule has 0 N–H and O–H groups in total. The lowest BCUT2D eigenvalue weighted by molar-refractivity contribution is -0.114. The Morgan fingerprint density at radius 1 is 1.42 bits per heavy atom. The van der Waals surface area contributed by atoms with Crippen LogP contribution < -0.4 is 0 Å². The van der Waals surface area contributed by atoms with E-state index in [0.29, 0.717) is 10.0 Å². The van der Waals surface area contributed by atoms with Gasteiger partial charge in [0.15, 0.2) is 5.78 Å². The molecule has 0 amide bonds. The Hall–Kier alpha value is -0.440. The quantitative estimate of drug-likeness (QED) is 0.667. The monoisotopic (exact) mass is 314 g/mol. The van der Waals surface area contributed by atoms with Crippen molar-refractivity contribution in [1.82, 2.24) is 0 Å². The Labute approximate surface area is 128 Å². The van der Waals surface area contributed by atoms with Crippen molar-refractivity contribution in [1.29, 1.82) is 0 Å². The third-order valence-electron chi connectivity index (χ3n) is 3.11. The summed E-state index contributed by atoms with van der Waals surface area (Å²) >= 11 is 13.7. The number of benzene rings is 1. The highest BCUT2D eigenvalue weighted by Gasteiger charge is 2.48. The molecule has 1 fully saturated rings. The van der Waals surface area contributed by atoms with E-state index in [1.807, 2.05) is 6.07 Å². The fourth-order valence-electron chi connectivity index (χ4n) is 1.83. The Kier molecular flexibility index (Phi) is 4.99. The van der Waals surface area contributed by atoms with Gasteiger partial charge in [0.1, 0.15) is 0 Å². The second-order valence-electron chi connectivity index (χ2n) is 4.71. The molecule has 1 aliphatic rings. The molecule has 0 saturated heterocycles. The minimum Gasteiger partial charge on any atom is -0.293 e. The molecule has 4 heteroatoms. The van der Waals surface area contributed by atoms with Gasteiger partial charge in [0.2, 0.25) is 0 Å². The first-order valence-corrected chi connectivity index (χ1v) is 8.13. The number of carbonyl (C=O) groups excluding carboxylic acids is 1. The standard InChI is InChI=1S/C15H16Cl2OS/c1-2-9-19-15(7-8-15)14(18)6-4-11-3-5-12(16)10-13(11)17/h3-6,10H,2,7-9H2,1H3. The summed E-state index contributed by atoms with van der Waals surface area (Å²) in [5.74, 6) is 1.25. The van der Waals surface area contributed by atoms with Gasteiger partial charge in [-0.05, 0) is 54.9 Å². The lowest BCUT2D eigenvalue weighted by Crippen LogP contribution is -2.16. The third kappa shape index (κ3) is 3.77. The van der Waals surface area contributed by atoms with Crippen LogP contribution in [0.5, 0.6) is 0 Å². The summed E-state index contributed by atoms with van der Waals surface area (Å²) in [6.07, 6.45) is 6.54. The van der Waals surface area contributed by atoms with Gasteiger partial charge in [0, 0.05) is 10.0 Å². The third-order valence-corrected chi connectivity index (χ3v) is 5.45. The van der Waals surface area contributed by atoms with Crippen molar-refractivity contribution in [3.8, 4) is 0 Å². The summed E-state index contributed by atoms with van der Waals surface area (Å²) in [5.41, 5.74) is 0.829. The van der Waals surface area contributed by atoms with Crippen molar-refractivity contribution in [2.75, 3.05) is 5.75 Å². The maximum absolute atomic E-state index is 12.2. The molecule has 0 atom stereocenters. The molecule has 2 rings (SSSR count). The van der Waals surface area contributed by atoms with Crippen LogP contribution in [0.2, 0.25) is 10.0 Å². The van der Waals surface area contributed by atoms with Crippen molar-refractivity contribution in [3.05, 3.63) is 39.9 Å². The number of ketones is 1. The van der Waals surface area contributed by atoms with E-state index in [-0.39, 0.29) is 10.5 Å². The van der Waals surface area contributed by atoms with E-state index < -0.39 is 0 Å². The molecular weight excluding hydrogens is 299 g/mol. The fourth-order valence-corrected chi connectivity index (χ4v) is 3.49. The molecular formula is C15H16Cl2OS. The van der Waals surface area contributed by atoms with Crippen molar-refractivity contribution in [2.45, 2.75) is 30.9 Å². The van der Waals surface area contributed by atoms with Crippen LogP contribution in [-0.2, 0) is 4.79 Å². The average molecular weight is 315 g/mol. The van der Waals surface area contributed by atoms with E-state index in [0.717, 1.165) is 30.6 Å². The van der Waals surface area contributed by atoms with Gasteiger partial charge in [-0.1, -0.05) is 36.2 Å². The van der Waals surface area contributed by atoms with E-state index in [1.165, 1.54) is 0 Å². The molecule has 1 aromatic rings. The van der Waals surface area contributed by atoms with E-state index in [9.17, 15) is 4.79 Å². The molecule has 0 bridgehead atoms. The second-order valence-corrected chi connectivity index (χ2v) is 7.03. The number of allylic oxidation sites excluding steroid dienone is 1. The van der Waals surface area contributed by atoms with Crippen LogP contribution in [0.1, 0.15) is 31.7 Å². The highest BCUT2D eigenvalue weighted by Crippen LogP contribution is 2.49. The Morgan fingerprint density at radius 3 is 2.74 bits per heavy atom. The van der Waals surface area contributed by atoms with Gasteiger partial charge in [-0.3, -0.25) is 4.79 Å². The molecule has 19 heavy (non-hydrogen) atoms. The van der Waals surface area contributed by atoms with E-state index >= 15 is 0 Å². The van der Waals surface area contributed by atoms with Crippen LogP contribution >= 0.6 is 35.0 Å². The SMILES string of the molecule is CCCSC1(C(=O)C=Cc2ccc(Cl)cc2Cl)CC1. The second kappa shape index (κ2) is 6.34. The summed E-state index contributed by atoms with van der Waals surface area (Å²) in [7, 11) is 0. The average Bonchev–Trinajstić information content (AvgIpc) is 3.16. The molecule has 1 aromatic carbocycles. The number of halogens is 2. The van der Waals surface area contributed by atoms with Gasteiger partial charge < -0.3 is 0 Å². The molecule has 0 radical (unpaired) electrons. The summed E-state index contributed by atoms with van der Waals surface area (Å²) in [6.45, 7) is 2.14. The van der Waals surface area contributed by atoms with Crippen molar-refractivity contribution < 1.29 is 4.79 Å².